The van der Waals surface area contributed by atoms with Gasteiger partial charge in [0, 0.05) is 7.11 Å². The van der Waals surface area contributed by atoms with E-state index in [2.05, 4.69) is 0 Å². The van der Waals surface area contributed by atoms with Gasteiger partial charge in [-0.25, -0.2) is 0 Å². The van der Waals surface area contributed by atoms with E-state index >= 15 is 0 Å². The fraction of sp³-hybridized carbons (Fsp3) is 0.571. The molecular formula is C14H20O4S. The summed E-state index contributed by atoms with van der Waals surface area (Å²) in [5.74, 6) is 0. The van der Waals surface area contributed by atoms with E-state index in [1.807, 2.05) is 6.92 Å². The van der Waals surface area contributed by atoms with Crippen LogP contribution in [-0.2, 0) is 19.0 Å². The number of aryl methyl sites for hydroxylation is 1. The third-order valence-electron chi connectivity index (χ3n) is 3.50. The van der Waals surface area contributed by atoms with Crippen molar-refractivity contribution in [2.24, 2.45) is 0 Å². The van der Waals surface area contributed by atoms with E-state index < -0.39 is 10.1 Å². The zero-order valence-electron chi connectivity index (χ0n) is 11.3. The Morgan fingerprint density at radius 1 is 1.05 bits per heavy atom. The van der Waals surface area contributed by atoms with Gasteiger partial charge in [-0.2, -0.15) is 8.42 Å². The summed E-state index contributed by atoms with van der Waals surface area (Å²) in [4.78, 5) is 0.207. The fourth-order valence-electron chi connectivity index (χ4n) is 2.37. The van der Waals surface area contributed by atoms with E-state index in [0.717, 1.165) is 31.2 Å². The lowest BCUT2D eigenvalue weighted by Gasteiger charge is -2.29. The van der Waals surface area contributed by atoms with E-state index in [-0.39, 0.29) is 17.1 Å². The maximum absolute atomic E-state index is 12.2. The second kappa shape index (κ2) is 6.03. The molecule has 106 valence electrons. The Labute approximate surface area is 114 Å². The first kappa shape index (κ1) is 14.5. The van der Waals surface area contributed by atoms with Crippen molar-refractivity contribution in [2.75, 3.05) is 7.11 Å². The van der Waals surface area contributed by atoms with Crippen LogP contribution < -0.4 is 0 Å². The highest BCUT2D eigenvalue weighted by molar-refractivity contribution is 7.86. The molecule has 1 aliphatic carbocycles. The average Bonchev–Trinajstić information content (AvgIpc) is 2.39. The molecule has 0 saturated heterocycles. The highest BCUT2D eigenvalue weighted by Crippen LogP contribution is 2.26. The molecule has 19 heavy (non-hydrogen) atoms. The smallest absolute Gasteiger partial charge is 0.297 e. The molecule has 1 saturated carbocycles. The van der Waals surface area contributed by atoms with Crippen LogP contribution in [0.5, 0.6) is 0 Å². The SMILES string of the molecule is COC1CCCCC1OS(=O)(=O)c1ccc(C)cc1. The van der Waals surface area contributed by atoms with Gasteiger partial charge in [0.1, 0.15) is 6.10 Å². The van der Waals surface area contributed by atoms with Crippen LogP contribution in [0.15, 0.2) is 29.2 Å². The summed E-state index contributed by atoms with van der Waals surface area (Å²) >= 11 is 0. The third-order valence-corrected chi connectivity index (χ3v) is 4.85. The molecule has 2 unspecified atom stereocenters. The predicted octanol–water partition coefficient (Wildman–Crippen LogP) is 2.66. The summed E-state index contributed by atoms with van der Waals surface area (Å²) < 4.78 is 35.1. The number of hydrogen-bond acceptors (Lipinski definition) is 4. The number of rotatable bonds is 4. The van der Waals surface area contributed by atoms with Crippen LogP contribution >= 0.6 is 0 Å². The zero-order chi connectivity index (χ0) is 13.9. The molecule has 1 aromatic rings. The van der Waals surface area contributed by atoms with Gasteiger partial charge in [-0.1, -0.05) is 30.5 Å². The number of hydrogen-bond donors (Lipinski definition) is 0. The van der Waals surface area contributed by atoms with E-state index in [4.69, 9.17) is 8.92 Å². The molecule has 0 radical (unpaired) electrons. The van der Waals surface area contributed by atoms with Gasteiger partial charge in [-0.05, 0) is 31.9 Å². The number of methoxy groups -OCH3 is 1. The zero-order valence-corrected chi connectivity index (χ0v) is 12.2. The molecule has 1 aromatic carbocycles. The van der Waals surface area contributed by atoms with Crippen molar-refractivity contribution in [1.29, 1.82) is 0 Å². The van der Waals surface area contributed by atoms with Crippen molar-refractivity contribution in [3.63, 3.8) is 0 Å². The maximum atomic E-state index is 12.2. The van der Waals surface area contributed by atoms with Crippen molar-refractivity contribution in [1.82, 2.24) is 0 Å². The second-order valence-corrected chi connectivity index (χ2v) is 6.53. The van der Waals surface area contributed by atoms with Crippen LogP contribution in [-0.4, -0.2) is 27.7 Å². The molecule has 0 heterocycles. The Bertz CT molecular complexity index is 507. The van der Waals surface area contributed by atoms with Gasteiger partial charge in [-0.15, -0.1) is 0 Å². The predicted molar refractivity (Wildman–Crippen MR) is 72.5 cm³/mol. The van der Waals surface area contributed by atoms with Crippen molar-refractivity contribution >= 4 is 10.1 Å². The lowest BCUT2D eigenvalue weighted by Crippen LogP contribution is -2.35. The standard InChI is InChI=1S/C14H20O4S/c1-11-7-9-12(10-8-11)19(15,16)18-14-6-4-3-5-13(14)17-2/h7-10,13-14H,3-6H2,1-2H3. The Morgan fingerprint density at radius 2 is 1.63 bits per heavy atom. The van der Waals surface area contributed by atoms with Gasteiger partial charge in [0.2, 0.25) is 0 Å². The molecule has 0 amide bonds. The van der Waals surface area contributed by atoms with Gasteiger partial charge in [-0.3, -0.25) is 4.18 Å². The van der Waals surface area contributed by atoms with Gasteiger partial charge in [0.05, 0.1) is 11.0 Å². The van der Waals surface area contributed by atoms with Crippen LogP contribution in [0, 0.1) is 6.92 Å². The monoisotopic (exact) mass is 284 g/mol. The molecule has 0 aromatic heterocycles. The first-order valence-electron chi connectivity index (χ1n) is 6.55. The van der Waals surface area contributed by atoms with Crippen molar-refractivity contribution < 1.29 is 17.3 Å². The molecule has 4 nitrogen and oxygen atoms in total. The third kappa shape index (κ3) is 3.55. The minimum atomic E-state index is -3.70. The van der Waals surface area contributed by atoms with Crippen LogP contribution in [0.2, 0.25) is 0 Å². The quantitative estimate of drug-likeness (QED) is 0.798. The highest BCUT2D eigenvalue weighted by Gasteiger charge is 2.31. The highest BCUT2D eigenvalue weighted by atomic mass is 32.2. The summed E-state index contributed by atoms with van der Waals surface area (Å²) in [6.45, 7) is 1.92. The molecule has 2 rings (SSSR count). The average molecular weight is 284 g/mol. The summed E-state index contributed by atoms with van der Waals surface area (Å²) in [5.41, 5.74) is 1.02. The largest absolute Gasteiger partial charge is 0.379 e. The summed E-state index contributed by atoms with van der Waals surface area (Å²) in [6.07, 6.45) is 3.12. The van der Waals surface area contributed by atoms with Crippen LogP contribution in [0.4, 0.5) is 0 Å². The van der Waals surface area contributed by atoms with Gasteiger partial charge >= 0.3 is 0 Å². The van der Waals surface area contributed by atoms with E-state index in [1.165, 1.54) is 0 Å². The minimum Gasteiger partial charge on any atom is -0.379 e. The topological polar surface area (TPSA) is 52.6 Å². The number of benzene rings is 1. The minimum absolute atomic E-state index is 0.131. The van der Waals surface area contributed by atoms with E-state index in [1.54, 1.807) is 31.4 Å². The Morgan fingerprint density at radius 3 is 2.21 bits per heavy atom. The lowest BCUT2D eigenvalue weighted by molar-refractivity contribution is -0.0200. The lowest BCUT2D eigenvalue weighted by atomic mass is 9.95. The summed E-state index contributed by atoms with van der Waals surface area (Å²) in [6, 6.07) is 6.69. The normalized spacial score (nSPS) is 24.3. The van der Waals surface area contributed by atoms with E-state index in [9.17, 15) is 8.42 Å². The van der Waals surface area contributed by atoms with Gasteiger partial charge < -0.3 is 4.74 Å². The Hall–Kier alpha value is -0.910. The summed E-state index contributed by atoms with van der Waals surface area (Å²) in [7, 11) is -2.10. The Balaban J connectivity index is 2.14. The molecule has 0 aliphatic heterocycles. The number of ether oxygens (including phenoxy) is 1. The second-order valence-electron chi connectivity index (χ2n) is 4.96. The Kier molecular flexibility index (Phi) is 4.60. The van der Waals surface area contributed by atoms with Crippen molar-refractivity contribution in [3.05, 3.63) is 29.8 Å². The molecule has 0 spiro atoms. The van der Waals surface area contributed by atoms with Gasteiger partial charge in [0.15, 0.2) is 0 Å². The molecule has 5 heteroatoms. The van der Waals surface area contributed by atoms with Crippen LogP contribution in [0.1, 0.15) is 31.2 Å². The summed E-state index contributed by atoms with van der Waals surface area (Å²) in [5, 5.41) is 0. The van der Waals surface area contributed by atoms with Crippen molar-refractivity contribution in [2.45, 2.75) is 49.7 Å². The van der Waals surface area contributed by atoms with E-state index in [0.29, 0.717) is 0 Å². The molecule has 0 bridgehead atoms. The first-order valence-corrected chi connectivity index (χ1v) is 7.96. The van der Waals surface area contributed by atoms with Crippen LogP contribution in [0.25, 0.3) is 0 Å². The molecular weight excluding hydrogens is 264 g/mol. The molecule has 1 fully saturated rings. The fourth-order valence-corrected chi connectivity index (χ4v) is 3.49. The van der Waals surface area contributed by atoms with Gasteiger partial charge in [0.25, 0.3) is 10.1 Å². The van der Waals surface area contributed by atoms with Crippen molar-refractivity contribution in [3.8, 4) is 0 Å². The maximum Gasteiger partial charge on any atom is 0.297 e. The molecule has 0 N–H and O–H groups in total. The first-order chi connectivity index (χ1) is 9.03. The van der Waals surface area contributed by atoms with Crippen LogP contribution in [0.3, 0.4) is 0 Å². The molecule has 2 atom stereocenters. The molecule has 1 aliphatic rings.